The molecule has 0 heterocycles. The quantitative estimate of drug-likeness (QED) is 0.228. The van der Waals surface area contributed by atoms with Gasteiger partial charge in [0.2, 0.25) is 11.8 Å². The molecular formula is C23H24N6O6S2. The molecule has 12 nitrogen and oxygen atoms in total. The van der Waals surface area contributed by atoms with E-state index in [-0.39, 0.29) is 45.8 Å². The van der Waals surface area contributed by atoms with Crippen LogP contribution in [0.4, 0.5) is 22.7 Å². The van der Waals surface area contributed by atoms with Crippen molar-refractivity contribution in [2.45, 2.75) is 26.7 Å². The number of thiocarbonyl (C=S) groups is 2. The van der Waals surface area contributed by atoms with Gasteiger partial charge in [-0.2, -0.15) is 0 Å². The van der Waals surface area contributed by atoms with Gasteiger partial charge in [-0.3, -0.25) is 29.8 Å². The average molecular weight is 545 g/mol. The Bertz CT molecular complexity index is 1280. The first kappa shape index (κ1) is 27.5. The Morgan fingerprint density at radius 2 is 1.41 bits per heavy atom. The van der Waals surface area contributed by atoms with E-state index in [0.717, 1.165) is 0 Å². The van der Waals surface area contributed by atoms with Gasteiger partial charge in [-0.15, -0.1) is 0 Å². The van der Waals surface area contributed by atoms with Crippen LogP contribution >= 0.6 is 24.4 Å². The van der Waals surface area contributed by atoms with Crippen LogP contribution in [0, 0.1) is 37.5 Å². The molecule has 37 heavy (non-hydrogen) atoms. The number of hydrogen-bond donors (Lipinski definition) is 4. The normalized spacial score (nSPS) is 17.5. The molecule has 1 aliphatic carbocycles. The molecule has 194 valence electrons. The summed E-state index contributed by atoms with van der Waals surface area (Å²) in [7, 11) is 0. The first-order chi connectivity index (χ1) is 17.4. The van der Waals surface area contributed by atoms with E-state index >= 15 is 0 Å². The van der Waals surface area contributed by atoms with E-state index in [2.05, 4.69) is 21.3 Å². The lowest BCUT2D eigenvalue weighted by molar-refractivity contribution is -0.385. The van der Waals surface area contributed by atoms with E-state index in [1.165, 1.54) is 36.4 Å². The van der Waals surface area contributed by atoms with Gasteiger partial charge in [-0.05, 0) is 54.3 Å². The standard InChI is InChI=1S/C23H24N6O6S2/c1-23(2)13(10-19(30)26-21(36)24-14-5-3-7-16(11-14)28(32)33)9-18(23)20(31)27-22(37)25-15-6-4-8-17(12-15)29(34)35/h3-8,11-13,18H,9-10H2,1-2H3,(H2,24,26,30,36)(H2,25,27,31,37)/t13-,18-/m0/s1. The van der Waals surface area contributed by atoms with E-state index in [1.54, 1.807) is 12.1 Å². The van der Waals surface area contributed by atoms with Gasteiger partial charge in [0.1, 0.15) is 0 Å². The fraction of sp³-hybridized carbons (Fsp3) is 0.304. The Labute approximate surface area is 222 Å². The second-order valence-electron chi connectivity index (χ2n) is 9.07. The number of nitro groups is 2. The molecule has 0 unspecified atom stereocenters. The van der Waals surface area contributed by atoms with Crippen molar-refractivity contribution in [1.82, 2.24) is 10.6 Å². The van der Waals surface area contributed by atoms with E-state index < -0.39 is 21.2 Å². The number of hydrogen-bond acceptors (Lipinski definition) is 8. The summed E-state index contributed by atoms with van der Waals surface area (Å²) in [4.78, 5) is 46.1. The van der Waals surface area contributed by atoms with Crippen molar-refractivity contribution in [3.63, 3.8) is 0 Å². The number of nitro benzene ring substituents is 2. The Kier molecular flexibility index (Phi) is 8.45. The van der Waals surface area contributed by atoms with Crippen LogP contribution in [0.1, 0.15) is 26.7 Å². The monoisotopic (exact) mass is 544 g/mol. The number of nitrogens with one attached hydrogen (secondary N) is 4. The van der Waals surface area contributed by atoms with Gasteiger partial charge < -0.3 is 21.3 Å². The molecule has 2 atom stereocenters. The first-order valence-electron chi connectivity index (χ1n) is 11.1. The molecular weight excluding hydrogens is 520 g/mol. The topological polar surface area (TPSA) is 169 Å². The molecule has 4 N–H and O–H groups in total. The molecule has 0 saturated heterocycles. The smallest absolute Gasteiger partial charge is 0.271 e. The Balaban J connectivity index is 1.48. The Morgan fingerprint density at radius 3 is 1.86 bits per heavy atom. The number of carbonyl (C=O) groups excluding carboxylic acids is 2. The molecule has 1 aliphatic rings. The fourth-order valence-corrected chi connectivity index (χ4v) is 4.58. The van der Waals surface area contributed by atoms with Crippen molar-refractivity contribution >= 4 is 69.2 Å². The zero-order valence-electron chi connectivity index (χ0n) is 19.8. The van der Waals surface area contributed by atoms with Gasteiger partial charge in [0.25, 0.3) is 11.4 Å². The summed E-state index contributed by atoms with van der Waals surface area (Å²) in [5, 5.41) is 32.5. The number of anilines is 2. The fourth-order valence-electron chi connectivity index (χ4n) is 4.13. The van der Waals surface area contributed by atoms with Gasteiger partial charge in [-0.25, -0.2) is 0 Å². The molecule has 1 fully saturated rings. The molecule has 0 aromatic heterocycles. The van der Waals surface area contributed by atoms with Crippen LogP contribution in [0.5, 0.6) is 0 Å². The molecule has 1 saturated carbocycles. The highest BCUT2D eigenvalue weighted by atomic mass is 32.1. The van der Waals surface area contributed by atoms with Gasteiger partial charge in [0.15, 0.2) is 10.2 Å². The predicted molar refractivity (Wildman–Crippen MR) is 145 cm³/mol. The van der Waals surface area contributed by atoms with Crippen molar-refractivity contribution in [3.8, 4) is 0 Å². The summed E-state index contributed by atoms with van der Waals surface area (Å²) >= 11 is 10.3. The van der Waals surface area contributed by atoms with Crippen LogP contribution in [0.2, 0.25) is 0 Å². The average Bonchev–Trinajstić information content (AvgIpc) is 2.81. The third-order valence-electron chi connectivity index (χ3n) is 6.34. The second kappa shape index (κ2) is 11.3. The minimum Gasteiger partial charge on any atom is -0.332 e. The molecule has 2 amide bonds. The highest BCUT2D eigenvalue weighted by Crippen LogP contribution is 2.52. The first-order valence-corrected chi connectivity index (χ1v) is 11.9. The van der Waals surface area contributed by atoms with E-state index in [9.17, 15) is 29.8 Å². The van der Waals surface area contributed by atoms with Gasteiger partial charge in [0, 0.05) is 48.0 Å². The molecule has 0 bridgehead atoms. The van der Waals surface area contributed by atoms with Gasteiger partial charge in [0.05, 0.1) is 9.85 Å². The van der Waals surface area contributed by atoms with Crippen LogP contribution in [0.15, 0.2) is 48.5 Å². The number of nitrogens with zero attached hydrogens (tertiary/aromatic N) is 2. The molecule has 0 radical (unpaired) electrons. The number of amides is 2. The lowest BCUT2D eigenvalue weighted by Gasteiger charge is -2.51. The van der Waals surface area contributed by atoms with Crippen LogP contribution in [-0.2, 0) is 9.59 Å². The zero-order chi connectivity index (χ0) is 27.3. The summed E-state index contributed by atoms with van der Waals surface area (Å²) in [6.45, 7) is 3.77. The molecule has 0 spiro atoms. The Hall–Kier alpha value is -4.04. The highest BCUT2D eigenvalue weighted by molar-refractivity contribution is 7.80. The van der Waals surface area contributed by atoms with Crippen LogP contribution in [-0.4, -0.2) is 31.9 Å². The number of rotatable bonds is 7. The van der Waals surface area contributed by atoms with Crippen LogP contribution in [0.3, 0.4) is 0 Å². The molecule has 2 aromatic carbocycles. The summed E-state index contributed by atoms with van der Waals surface area (Å²) < 4.78 is 0. The van der Waals surface area contributed by atoms with Gasteiger partial charge >= 0.3 is 0 Å². The maximum absolute atomic E-state index is 12.8. The maximum Gasteiger partial charge on any atom is 0.271 e. The largest absolute Gasteiger partial charge is 0.332 e. The number of carbonyl (C=O) groups is 2. The van der Waals surface area contributed by atoms with E-state index in [4.69, 9.17) is 24.4 Å². The Morgan fingerprint density at radius 1 is 0.919 bits per heavy atom. The molecule has 2 aromatic rings. The molecule has 0 aliphatic heterocycles. The maximum atomic E-state index is 12.8. The van der Waals surface area contributed by atoms with Crippen molar-refractivity contribution in [1.29, 1.82) is 0 Å². The predicted octanol–water partition coefficient (Wildman–Crippen LogP) is 3.88. The summed E-state index contributed by atoms with van der Waals surface area (Å²) in [5.74, 6) is -1.15. The van der Waals surface area contributed by atoms with Crippen LogP contribution < -0.4 is 21.3 Å². The lowest BCUT2D eigenvalue weighted by atomic mass is 9.53. The summed E-state index contributed by atoms with van der Waals surface area (Å²) in [5.41, 5.74) is 0.0172. The highest BCUT2D eigenvalue weighted by Gasteiger charge is 2.52. The third kappa shape index (κ3) is 7.01. The second-order valence-corrected chi connectivity index (χ2v) is 9.89. The third-order valence-corrected chi connectivity index (χ3v) is 6.75. The molecule has 3 rings (SSSR count). The minimum absolute atomic E-state index is 0.00879. The zero-order valence-corrected chi connectivity index (χ0v) is 21.5. The van der Waals surface area contributed by atoms with Crippen molar-refractivity contribution in [2.24, 2.45) is 17.3 Å². The minimum atomic E-state index is -0.533. The van der Waals surface area contributed by atoms with Crippen LogP contribution in [0.25, 0.3) is 0 Å². The summed E-state index contributed by atoms with van der Waals surface area (Å²) in [6.07, 6.45) is 0.584. The van der Waals surface area contributed by atoms with E-state index in [0.29, 0.717) is 17.8 Å². The molecule has 14 heteroatoms. The lowest BCUT2D eigenvalue weighted by Crippen LogP contribution is -2.55. The summed E-state index contributed by atoms with van der Waals surface area (Å²) in [6, 6.07) is 11.5. The SMILES string of the molecule is CC1(C)[C@H](CC(=O)NC(=S)Nc2cccc([N+](=O)[O-])c2)C[C@H]1C(=O)NC(=S)Nc1cccc([N+](=O)[O-])c1. The van der Waals surface area contributed by atoms with Crippen molar-refractivity contribution in [2.75, 3.05) is 10.6 Å². The number of benzene rings is 2. The van der Waals surface area contributed by atoms with Crippen molar-refractivity contribution < 1.29 is 19.4 Å². The number of non-ortho nitro benzene ring substituents is 2. The van der Waals surface area contributed by atoms with Crippen molar-refractivity contribution in [3.05, 3.63) is 68.8 Å². The van der Waals surface area contributed by atoms with Gasteiger partial charge in [-0.1, -0.05) is 26.0 Å². The van der Waals surface area contributed by atoms with E-state index in [1.807, 2.05) is 13.8 Å².